The van der Waals surface area contributed by atoms with Gasteiger partial charge in [0.15, 0.2) is 0 Å². The average molecular weight is 286 g/mol. The van der Waals surface area contributed by atoms with Crippen LogP contribution < -0.4 is 10.6 Å². The molecule has 17 heavy (non-hydrogen) atoms. The molecule has 0 aromatic heterocycles. The second-order valence-electron chi connectivity index (χ2n) is 4.53. The average Bonchev–Trinajstić information content (AvgIpc) is 2.98. The number of halogens is 2. The van der Waals surface area contributed by atoms with E-state index in [2.05, 4.69) is 29.6 Å². The van der Waals surface area contributed by atoms with Gasteiger partial charge >= 0.3 is 0 Å². The number of nitrogens with one attached hydrogen (secondary N) is 2. The molecule has 0 bridgehead atoms. The van der Waals surface area contributed by atoms with E-state index in [4.69, 9.17) is 0 Å². The minimum absolute atomic E-state index is 0. The first-order valence-electron chi connectivity index (χ1n) is 5.73. The van der Waals surface area contributed by atoms with Gasteiger partial charge < -0.3 is 15.5 Å². The maximum absolute atomic E-state index is 11.4. The maximum Gasteiger partial charge on any atom is 0.221 e. The lowest BCUT2D eigenvalue weighted by atomic mass is 10.1. The first kappa shape index (κ1) is 19.3. The van der Waals surface area contributed by atoms with E-state index in [1.54, 1.807) is 0 Å². The smallest absolute Gasteiger partial charge is 0.221 e. The first-order chi connectivity index (χ1) is 7.15. The number of hydrogen-bond donors (Lipinski definition) is 2. The Kier molecular flexibility index (Phi) is 11.3. The number of carbonyl (C=O) groups is 1. The molecule has 0 radical (unpaired) electrons. The van der Waals surface area contributed by atoms with Gasteiger partial charge in [-0.3, -0.25) is 4.79 Å². The summed E-state index contributed by atoms with van der Waals surface area (Å²) in [6, 6.07) is 0.517. The van der Waals surface area contributed by atoms with Crippen LogP contribution in [0.3, 0.4) is 0 Å². The van der Waals surface area contributed by atoms with Crippen LogP contribution in [0.1, 0.15) is 19.3 Å². The Morgan fingerprint density at radius 3 is 2.35 bits per heavy atom. The number of carbonyl (C=O) groups excluding carboxylic acids is 1. The third-order valence-electron chi connectivity index (χ3n) is 2.94. The fourth-order valence-corrected chi connectivity index (χ4v) is 1.80. The zero-order valence-corrected chi connectivity index (χ0v) is 12.5. The lowest BCUT2D eigenvalue weighted by Crippen LogP contribution is -2.42. The lowest BCUT2D eigenvalue weighted by molar-refractivity contribution is -0.121. The van der Waals surface area contributed by atoms with Gasteiger partial charge in [0.25, 0.3) is 0 Å². The van der Waals surface area contributed by atoms with Gasteiger partial charge in [0.05, 0.1) is 0 Å². The Balaban J connectivity index is 0. The van der Waals surface area contributed by atoms with Crippen LogP contribution in [0.5, 0.6) is 0 Å². The standard InChI is InChI=1S/C11H23N3O.2ClH/c1-12-7-6-11(15)13-8-10(14(2)3)9-4-5-9;;/h9-10,12H,4-8H2,1-3H3,(H,13,15);2*1H. The van der Waals surface area contributed by atoms with Gasteiger partial charge in [0.1, 0.15) is 0 Å². The predicted molar refractivity (Wildman–Crippen MR) is 76.2 cm³/mol. The Hall–Kier alpha value is -0.0300. The molecular weight excluding hydrogens is 261 g/mol. The Bertz CT molecular complexity index is 209. The Morgan fingerprint density at radius 2 is 1.94 bits per heavy atom. The van der Waals surface area contributed by atoms with Crippen LogP contribution in [0.15, 0.2) is 0 Å². The second kappa shape index (κ2) is 9.95. The van der Waals surface area contributed by atoms with Gasteiger partial charge in [0, 0.05) is 25.6 Å². The zero-order valence-electron chi connectivity index (χ0n) is 10.9. The summed E-state index contributed by atoms with van der Waals surface area (Å²) in [6.07, 6.45) is 3.20. The highest BCUT2D eigenvalue weighted by molar-refractivity contribution is 5.85. The van der Waals surface area contributed by atoms with Crippen LogP contribution in [0, 0.1) is 5.92 Å². The quantitative estimate of drug-likeness (QED) is 0.731. The van der Waals surface area contributed by atoms with E-state index in [1.165, 1.54) is 12.8 Å². The first-order valence-corrected chi connectivity index (χ1v) is 5.73. The molecule has 104 valence electrons. The number of likely N-dealkylation sites (N-methyl/N-ethyl adjacent to an activating group) is 1. The summed E-state index contributed by atoms with van der Waals surface area (Å²) in [5.41, 5.74) is 0. The number of amides is 1. The monoisotopic (exact) mass is 285 g/mol. The summed E-state index contributed by atoms with van der Waals surface area (Å²) in [5, 5.41) is 5.97. The molecule has 1 atom stereocenters. The Morgan fingerprint density at radius 1 is 1.35 bits per heavy atom. The van der Waals surface area contributed by atoms with Crippen molar-refractivity contribution < 1.29 is 4.79 Å². The van der Waals surface area contributed by atoms with Crippen LogP contribution >= 0.6 is 24.8 Å². The van der Waals surface area contributed by atoms with Crippen molar-refractivity contribution in [3.05, 3.63) is 0 Å². The molecule has 0 saturated heterocycles. The normalized spacial score (nSPS) is 15.8. The van der Waals surface area contributed by atoms with Crippen LogP contribution in [-0.2, 0) is 4.79 Å². The van der Waals surface area contributed by atoms with Crippen LogP contribution in [0.2, 0.25) is 0 Å². The van der Waals surface area contributed by atoms with Gasteiger partial charge in [-0.1, -0.05) is 0 Å². The highest BCUT2D eigenvalue weighted by Crippen LogP contribution is 2.34. The van der Waals surface area contributed by atoms with Crippen molar-refractivity contribution in [2.75, 3.05) is 34.2 Å². The van der Waals surface area contributed by atoms with E-state index in [0.717, 1.165) is 19.0 Å². The predicted octanol–water partition coefficient (Wildman–Crippen LogP) is 0.896. The molecule has 1 rings (SSSR count). The van der Waals surface area contributed by atoms with Crippen molar-refractivity contribution in [3.8, 4) is 0 Å². The van der Waals surface area contributed by atoms with E-state index in [-0.39, 0.29) is 30.7 Å². The SMILES string of the molecule is CNCCC(=O)NCC(C1CC1)N(C)C.Cl.Cl. The summed E-state index contributed by atoms with van der Waals surface area (Å²) in [7, 11) is 6.03. The molecule has 1 unspecified atom stereocenters. The van der Waals surface area contributed by atoms with Gasteiger partial charge in [0.2, 0.25) is 5.91 Å². The van der Waals surface area contributed by atoms with Gasteiger partial charge in [-0.2, -0.15) is 0 Å². The van der Waals surface area contributed by atoms with Crippen molar-refractivity contribution in [2.24, 2.45) is 5.92 Å². The Labute approximate surface area is 117 Å². The third-order valence-corrected chi connectivity index (χ3v) is 2.94. The zero-order chi connectivity index (χ0) is 11.3. The summed E-state index contributed by atoms with van der Waals surface area (Å²) in [5.74, 6) is 0.946. The molecule has 1 aliphatic rings. The molecule has 6 heteroatoms. The maximum atomic E-state index is 11.4. The summed E-state index contributed by atoms with van der Waals surface area (Å²) in [6.45, 7) is 1.54. The van der Waals surface area contributed by atoms with E-state index >= 15 is 0 Å². The largest absolute Gasteiger partial charge is 0.354 e. The summed E-state index contributed by atoms with van der Waals surface area (Å²) in [4.78, 5) is 13.6. The minimum atomic E-state index is 0. The second-order valence-corrected chi connectivity index (χ2v) is 4.53. The molecule has 1 fully saturated rings. The fraction of sp³-hybridized carbons (Fsp3) is 0.909. The van der Waals surface area contributed by atoms with Crippen molar-refractivity contribution >= 4 is 30.7 Å². The summed E-state index contributed by atoms with van der Waals surface area (Å²) < 4.78 is 0. The van der Waals surface area contributed by atoms with E-state index in [9.17, 15) is 4.79 Å². The molecular formula is C11H25Cl2N3O. The van der Waals surface area contributed by atoms with Crippen molar-refractivity contribution in [1.82, 2.24) is 15.5 Å². The van der Waals surface area contributed by atoms with Crippen molar-refractivity contribution in [1.29, 1.82) is 0 Å². The number of nitrogens with zero attached hydrogens (tertiary/aromatic N) is 1. The van der Waals surface area contributed by atoms with Gasteiger partial charge in [-0.25, -0.2) is 0 Å². The van der Waals surface area contributed by atoms with Crippen LogP contribution in [0.4, 0.5) is 0 Å². The molecule has 4 nitrogen and oxygen atoms in total. The van der Waals surface area contributed by atoms with E-state index in [0.29, 0.717) is 12.5 Å². The lowest BCUT2D eigenvalue weighted by Gasteiger charge is -2.24. The van der Waals surface area contributed by atoms with E-state index < -0.39 is 0 Å². The van der Waals surface area contributed by atoms with Gasteiger partial charge in [-0.05, 0) is 39.9 Å². The number of rotatable bonds is 7. The molecule has 2 N–H and O–H groups in total. The van der Waals surface area contributed by atoms with Crippen LogP contribution in [-0.4, -0.2) is 51.1 Å². The molecule has 1 saturated carbocycles. The van der Waals surface area contributed by atoms with Crippen molar-refractivity contribution in [2.45, 2.75) is 25.3 Å². The fourth-order valence-electron chi connectivity index (χ4n) is 1.80. The molecule has 0 aromatic carbocycles. The highest BCUT2D eigenvalue weighted by atomic mass is 35.5. The van der Waals surface area contributed by atoms with Crippen molar-refractivity contribution in [3.63, 3.8) is 0 Å². The summed E-state index contributed by atoms with van der Waals surface area (Å²) >= 11 is 0. The highest BCUT2D eigenvalue weighted by Gasteiger charge is 2.32. The number of hydrogen-bond acceptors (Lipinski definition) is 3. The molecule has 0 aliphatic heterocycles. The topological polar surface area (TPSA) is 44.4 Å². The molecule has 1 amide bonds. The molecule has 1 aliphatic carbocycles. The van der Waals surface area contributed by atoms with Gasteiger partial charge in [-0.15, -0.1) is 24.8 Å². The van der Waals surface area contributed by atoms with E-state index in [1.807, 2.05) is 7.05 Å². The minimum Gasteiger partial charge on any atom is -0.354 e. The third kappa shape index (κ3) is 7.82. The molecule has 0 aromatic rings. The molecule has 0 spiro atoms. The van der Waals surface area contributed by atoms with Crippen LogP contribution in [0.25, 0.3) is 0 Å². The molecule has 0 heterocycles.